The highest BCUT2D eigenvalue weighted by Crippen LogP contribution is 2.26. The third-order valence-electron chi connectivity index (χ3n) is 3.36. The molecule has 0 saturated carbocycles. The lowest BCUT2D eigenvalue weighted by Gasteiger charge is -2.19. The van der Waals surface area contributed by atoms with Crippen molar-refractivity contribution in [3.05, 3.63) is 0 Å². The van der Waals surface area contributed by atoms with E-state index < -0.39 is 0 Å². The van der Waals surface area contributed by atoms with Crippen LogP contribution in [0.5, 0.6) is 0 Å². The van der Waals surface area contributed by atoms with Gasteiger partial charge in [0.1, 0.15) is 0 Å². The largest absolute Gasteiger partial charge is 0.484 e. The van der Waals surface area contributed by atoms with Crippen LogP contribution in [-0.2, 0) is 9.47 Å². The Balaban J connectivity index is 1.91. The number of ether oxygens (including phenoxy) is 2. The van der Waals surface area contributed by atoms with Crippen molar-refractivity contribution >= 4 is 5.90 Å². The van der Waals surface area contributed by atoms with Crippen molar-refractivity contribution in [2.75, 3.05) is 20.3 Å². The van der Waals surface area contributed by atoms with Gasteiger partial charge in [0, 0.05) is 19.1 Å². The van der Waals surface area contributed by atoms with Gasteiger partial charge in [0.25, 0.3) is 0 Å². The molecule has 2 atom stereocenters. The summed E-state index contributed by atoms with van der Waals surface area (Å²) in [6, 6.07) is 0. The van der Waals surface area contributed by atoms with Crippen LogP contribution in [0.25, 0.3) is 0 Å². The summed E-state index contributed by atoms with van der Waals surface area (Å²) in [4.78, 5) is 4.50. The number of aliphatic imine (C=N–C) groups is 1. The number of hydrogen-bond acceptors (Lipinski definition) is 3. The highest BCUT2D eigenvalue weighted by molar-refractivity contribution is 5.78. The molecule has 0 bridgehead atoms. The molecule has 2 aliphatic rings. The fourth-order valence-corrected chi connectivity index (χ4v) is 2.54. The van der Waals surface area contributed by atoms with Crippen LogP contribution in [0.3, 0.4) is 0 Å². The summed E-state index contributed by atoms with van der Waals surface area (Å²) >= 11 is 0. The number of rotatable bonds is 2. The van der Waals surface area contributed by atoms with E-state index in [1.807, 2.05) is 0 Å². The first-order valence-electron chi connectivity index (χ1n) is 6.10. The maximum Gasteiger partial charge on any atom is 0.186 e. The molecule has 0 aromatic rings. The Morgan fingerprint density at radius 3 is 3.00 bits per heavy atom. The van der Waals surface area contributed by atoms with Crippen LogP contribution in [0, 0.1) is 5.92 Å². The standard InChI is InChI=1S/C12H21NO2/c1-14-12-10(5-2-3-7-13-12)9-11-6-4-8-15-11/h10-11H,2-9H2,1H3. The lowest BCUT2D eigenvalue weighted by molar-refractivity contribution is 0.0933. The van der Waals surface area contributed by atoms with E-state index in [0.29, 0.717) is 12.0 Å². The Bertz CT molecular complexity index is 222. The summed E-state index contributed by atoms with van der Waals surface area (Å²) in [6.45, 7) is 1.88. The first-order valence-corrected chi connectivity index (χ1v) is 6.10. The van der Waals surface area contributed by atoms with Gasteiger partial charge in [0.05, 0.1) is 13.2 Å². The van der Waals surface area contributed by atoms with E-state index in [-0.39, 0.29) is 0 Å². The van der Waals surface area contributed by atoms with E-state index in [4.69, 9.17) is 9.47 Å². The third-order valence-corrected chi connectivity index (χ3v) is 3.36. The summed E-state index contributed by atoms with van der Waals surface area (Å²) in [5.41, 5.74) is 0. The normalized spacial score (nSPS) is 32.2. The molecular formula is C12H21NO2. The van der Waals surface area contributed by atoms with Crippen molar-refractivity contribution < 1.29 is 9.47 Å². The number of nitrogens with zero attached hydrogens (tertiary/aromatic N) is 1. The predicted molar refractivity (Wildman–Crippen MR) is 60.2 cm³/mol. The summed E-state index contributed by atoms with van der Waals surface area (Å²) in [5.74, 6) is 1.46. The molecule has 1 fully saturated rings. The lowest BCUT2D eigenvalue weighted by Crippen LogP contribution is -2.21. The molecule has 2 rings (SSSR count). The fraction of sp³-hybridized carbons (Fsp3) is 0.917. The quantitative estimate of drug-likeness (QED) is 0.702. The SMILES string of the molecule is COC1=NCCCCC1CC1CCCO1. The monoisotopic (exact) mass is 211 g/mol. The highest BCUT2D eigenvalue weighted by Gasteiger charge is 2.25. The van der Waals surface area contributed by atoms with E-state index in [1.54, 1.807) is 7.11 Å². The Morgan fingerprint density at radius 2 is 2.27 bits per heavy atom. The van der Waals surface area contributed by atoms with E-state index in [0.717, 1.165) is 25.5 Å². The summed E-state index contributed by atoms with van der Waals surface area (Å²) < 4.78 is 11.1. The van der Waals surface area contributed by atoms with Crippen LogP contribution in [0.15, 0.2) is 4.99 Å². The van der Waals surface area contributed by atoms with Gasteiger partial charge in [0.15, 0.2) is 5.90 Å². The third kappa shape index (κ3) is 2.94. The molecule has 0 aromatic carbocycles. The summed E-state index contributed by atoms with van der Waals surface area (Å²) in [6.07, 6.45) is 7.68. The molecule has 0 spiro atoms. The zero-order chi connectivity index (χ0) is 10.5. The van der Waals surface area contributed by atoms with Gasteiger partial charge in [-0.1, -0.05) is 6.42 Å². The average molecular weight is 211 g/mol. The minimum atomic E-state index is 0.452. The maximum atomic E-state index is 5.68. The first-order chi connectivity index (χ1) is 7.40. The molecule has 0 radical (unpaired) electrons. The minimum absolute atomic E-state index is 0.452. The van der Waals surface area contributed by atoms with Gasteiger partial charge >= 0.3 is 0 Å². The van der Waals surface area contributed by atoms with Gasteiger partial charge in [-0.2, -0.15) is 0 Å². The van der Waals surface area contributed by atoms with E-state index >= 15 is 0 Å². The van der Waals surface area contributed by atoms with Gasteiger partial charge in [-0.3, -0.25) is 4.99 Å². The lowest BCUT2D eigenvalue weighted by atomic mass is 9.95. The predicted octanol–water partition coefficient (Wildman–Crippen LogP) is 2.40. The molecule has 3 heteroatoms. The van der Waals surface area contributed by atoms with E-state index in [1.165, 1.54) is 32.1 Å². The molecule has 86 valence electrons. The van der Waals surface area contributed by atoms with E-state index in [9.17, 15) is 0 Å². The Hall–Kier alpha value is -0.570. The van der Waals surface area contributed by atoms with Crippen LogP contribution in [0.2, 0.25) is 0 Å². The molecule has 3 nitrogen and oxygen atoms in total. The van der Waals surface area contributed by atoms with Crippen LogP contribution >= 0.6 is 0 Å². The zero-order valence-electron chi connectivity index (χ0n) is 9.58. The number of hydrogen-bond donors (Lipinski definition) is 0. The van der Waals surface area contributed by atoms with Crippen LogP contribution < -0.4 is 0 Å². The molecular weight excluding hydrogens is 190 g/mol. The topological polar surface area (TPSA) is 30.8 Å². The number of methoxy groups -OCH3 is 1. The van der Waals surface area contributed by atoms with Gasteiger partial charge in [-0.05, 0) is 32.1 Å². The van der Waals surface area contributed by atoms with Crippen LogP contribution in [-0.4, -0.2) is 32.3 Å². The van der Waals surface area contributed by atoms with Gasteiger partial charge in [-0.15, -0.1) is 0 Å². The fourth-order valence-electron chi connectivity index (χ4n) is 2.54. The first kappa shape index (κ1) is 10.9. The zero-order valence-corrected chi connectivity index (χ0v) is 9.58. The second kappa shape index (κ2) is 5.50. The molecule has 0 aromatic heterocycles. The average Bonchev–Trinajstić information content (AvgIpc) is 2.64. The molecule has 15 heavy (non-hydrogen) atoms. The van der Waals surface area contributed by atoms with Crippen molar-refractivity contribution in [3.63, 3.8) is 0 Å². The second-order valence-corrected chi connectivity index (χ2v) is 4.49. The molecule has 0 N–H and O–H groups in total. The molecule has 2 heterocycles. The van der Waals surface area contributed by atoms with Crippen molar-refractivity contribution in [2.24, 2.45) is 10.9 Å². The Morgan fingerprint density at radius 1 is 1.33 bits per heavy atom. The van der Waals surface area contributed by atoms with Crippen molar-refractivity contribution in [3.8, 4) is 0 Å². The van der Waals surface area contributed by atoms with Gasteiger partial charge in [-0.25, -0.2) is 0 Å². The molecule has 0 aliphatic carbocycles. The van der Waals surface area contributed by atoms with Gasteiger partial charge < -0.3 is 9.47 Å². The maximum absolute atomic E-state index is 5.68. The van der Waals surface area contributed by atoms with Crippen molar-refractivity contribution in [2.45, 2.75) is 44.6 Å². The van der Waals surface area contributed by atoms with E-state index in [2.05, 4.69) is 4.99 Å². The Kier molecular flexibility index (Phi) is 4.01. The smallest absolute Gasteiger partial charge is 0.186 e. The van der Waals surface area contributed by atoms with Crippen molar-refractivity contribution in [1.29, 1.82) is 0 Å². The molecule has 0 amide bonds. The molecule has 2 aliphatic heterocycles. The van der Waals surface area contributed by atoms with Crippen molar-refractivity contribution in [1.82, 2.24) is 0 Å². The molecule has 1 saturated heterocycles. The molecule has 2 unspecified atom stereocenters. The van der Waals surface area contributed by atoms with Crippen LogP contribution in [0.1, 0.15) is 38.5 Å². The van der Waals surface area contributed by atoms with Gasteiger partial charge in [0.2, 0.25) is 0 Å². The van der Waals surface area contributed by atoms with Crippen LogP contribution in [0.4, 0.5) is 0 Å². The minimum Gasteiger partial charge on any atom is -0.484 e. The Labute approximate surface area is 91.9 Å². The summed E-state index contributed by atoms with van der Waals surface area (Å²) in [7, 11) is 1.74. The second-order valence-electron chi connectivity index (χ2n) is 4.49. The highest BCUT2D eigenvalue weighted by atomic mass is 16.5. The summed E-state index contributed by atoms with van der Waals surface area (Å²) in [5, 5.41) is 0.